The van der Waals surface area contributed by atoms with Crippen LogP contribution in [0.5, 0.6) is 0 Å². The third kappa shape index (κ3) is 8.87. The Kier molecular flexibility index (Phi) is 5.06. The van der Waals surface area contributed by atoms with Crippen LogP contribution >= 0.6 is 0 Å². The van der Waals surface area contributed by atoms with Gasteiger partial charge in [0.25, 0.3) is 0 Å². The summed E-state index contributed by atoms with van der Waals surface area (Å²) in [5.41, 5.74) is 0. The first kappa shape index (κ1) is 9.87. The number of unbranched alkanes of at least 4 members (excludes halogenated alkanes) is 2. The zero-order valence-corrected chi connectivity index (χ0v) is 6.12. The van der Waals surface area contributed by atoms with Crippen LogP contribution in [0.2, 0.25) is 0 Å². The van der Waals surface area contributed by atoms with Crippen LogP contribution in [0, 0.1) is 10.1 Å². The summed E-state index contributed by atoms with van der Waals surface area (Å²) in [6, 6.07) is 0. The molecular weight excluding hydrogens is 150 g/mol. The van der Waals surface area contributed by atoms with E-state index in [1.165, 1.54) is 0 Å². The van der Waals surface area contributed by atoms with Crippen molar-refractivity contribution in [3.8, 4) is 0 Å². The number of hydrogen-bond donors (Lipinski definition) is 0. The second-order valence-corrected chi connectivity index (χ2v) is 2.24. The third-order valence-corrected chi connectivity index (χ3v) is 1.22. The van der Waals surface area contributed by atoms with Gasteiger partial charge < -0.3 is 9.90 Å². The number of carboxylic acid groups (broad SMARTS) is 1. The minimum absolute atomic E-state index is 0.00227. The van der Waals surface area contributed by atoms with Gasteiger partial charge in [-0.2, -0.15) is 0 Å². The monoisotopic (exact) mass is 160 g/mol. The molecule has 11 heavy (non-hydrogen) atoms. The maximum atomic E-state index is 9.85. The third-order valence-electron chi connectivity index (χ3n) is 1.22. The quantitative estimate of drug-likeness (QED) is 0.300. The zero-order valence-electron chi connectivity index (χ0n) is 6.12. The summed E-state index contributed by atoms with van der Waals surface area (Å²) in [5.74, 6) is -1.09. The number of rotatable bonds is 6. The molecule has 0 fully saturated rings. The molecule has 0 unspecified atom stereocenters. The number of nitrogens with zero attached hydrogens (tertiary/aromatic N) is 1. The molecule has 0 atom stereocenters. The van der Waals surface area contributed by atoms with Crippen LogP contribution in [-0.2, 0) is 4.79 Å². The highest BCUT2D eigenvalue weighted by atomic mass is 16.6. The first-order valence-electron chi connectivity index (χ1n) is 3.44. The second-order valence-electron chi connectivity index (χ2n) is 2.24. The summed E-state index contributed by atoms with van der Waals surface area (Å²) in [4.78, 5) is 19.2. The Morgan fingerprint density at radius 3 is 2.36 bits per heavy atom. The van der Waals surface area contributed by atoms with Crippen LogP contribution in [0.15, 0.2) is 0 Å². The van der Waals surface area contributed by atoms with Crippen LogP contribution in [0.4, 0.5) is 0 Å². The fourth-order valence-corrected chi connectivity index (χ4v) is 0.687. The first-order chi connectivity index (χ1) is 5.13. The van der Waals surface area contributed by atoms with E-state index in [1.54, 1.807) is 0 Å². The van der Waals surface area contributed by atoms with Crippen molar-refractivity contribution >= 4 is 5.97 Å². The van der Waals surface area contributed by atoms with Gasteiger partial charge in [-0.15, -0.1) is 0 Å². The van der Waals surface area contributed by atoms with Gasteiger partial charge in [0.15, 0.2) is 0 Å². The lowest BCUT2D eigenvalue weighted by Gasteiger charge is -1.98. The summed E-state index contributed by atoms with van der Waals surface area (Å²) in [5, 5.41) is 19.6. The van der Waals surface area contributed by atoms with E-state index >= 15 is 0 Å². The molecule has 0 aromatic carbocycles. The van der Waals surface area contributed by atoms with Crippen LogP contribution in [-0.4, -0.2) is 17.4 Å². The zero-order chi connectivity index (χ0) is 8.69. The molecule has 0 aromatic rings. The Morgan fingerprint density at radius 2 is 1.91 bits per heavy atom. The molecule has 0 N–H and O–H groups in total. The van der Waals surface area contributed by atoms with Gasteiger partial charge in [0.05, 0.1) is 0 Å². The molecule has 0 aromatic heterocycles. The van der Waals surface area contributed by atoms with Crippen LogP contribution in [0.3, 0.4) is 0 Å². The van der Waals surface area contributed by atoms with E-state index in [0.717, 1.165) is 0 Å². The maximum Gasteiger partial charge on any atom is 0.203 e. The fourth-order valence-electron chi connectivity index (χ4n) is 0.687. The van der Waals surface area contributed by atoms with Crippen molar-refractivity contribution in [2.45, 2.75) is 25.7 Å². The lowest BCUT2D eigenvalue weighted by atomic mass is 10.2. The topological polar surface area (TPSA) is 83.3 Å². The van der Waals surface area contributed by atoms with E-state index in [1.807, 2.05) is 0 Å². The van der Waals surface area contributed by atoms with E-state index < -0.39 is 10.9 Å². The molecule has 0 heterocycles. The van der Waals surface area contributed by atoms with E-state index in [2.05, 4.69) is 0 Å². The molecule has 0 aliphatic carbocycles. The molecule has 0 aliphatic rings. The average Bonchev–Trinajstić information content (AvgIpc) is 1.85. The summed E-state index contributed by atoms with van der Waals surface area (Å²) >= 11 is 0. The summed E-state index contributed by atoms with van der Waals surface area (Å²) in [6.07, 6.45) is 1.49. The number of carboxylic acids is 1. The van der Waals surface area contributed by atoms with Crippen molar-refractivity contribution in [1.29, 1.82) is 0 Å². The first-order valence-corrected chi connectivity index (χ1v) is 3.44. The molecule has 64 valence electrons. The van der Waals surface area contributed by atoms with Gasteiger partial charge in [-0.05, 0) is 19.3 Å². The van der Waals surface area contributed by atoms with Gasteiger partial charge in [0, 0.05) is 17.3 Å². The number of carbonyl (C=O) groups excluding carboxylic acids is 1. The van der Waals surface area contributed by atoms with Crippen LogP contribution in [0.1, 0.15) is 25.7 Å². The van der Waals surface area contributed by atoms with Crippen molar-refractivity contribution < 1.29 is 14.8 Å². The summed E-state index contributed by atoms with van der Waals surface area (Å²) in [7, 11) is 0. The molecule has 0 bridgehead atoms. The molecule has 0 saturated carbocycles. The minimum atomic E-state index is -1.09. The predicted molar refractivity (Wildman–Crippen MR) is 35.3 cm³/mol. The normalized spacial score (nSPS) is 9.45. The van der Waals surface area contributed by atoms with Gasteiger partial charge >= 0.3 is 0 Å². The van der Waals surface area contributed by atoms with Gasteiger partial charge in [0.1, 0.15) is 0 Å². The van der Waals surface area contributed by atoms with Gasteiger partial charge in [0.2, 0.25) is 6.54 Å². The lowest BCUT2D eigenvalue weighted by Crippen LogP contribution is -2.21. The number of hydrogen-bond acceptors (Lipinski definition) is 4. The van der Waals surface area contributed by atoms with Crippen molar-refractivity contribution in [2.24, 2.45) is 0 Å². The lowest BCUT2D eigenvalue weighted by molar-refractivity contribution is -0.480. The molecule has 0 amide bonds. The van der Waals surface area contributed by atoms with E-state index in [-0.39, 0.29) is 13.0 Å². The fraction of sp³-hybridized carbons (Fsp3) is 0.833. The molecule has 0 saturated heterocycles. The SMILES string of the molecule is O=C([O-])CCCCC[N+](=O)[O-]. The Hall–Kier alpha value is -1.13. The highest BCUT2D eigenvalue weighted by molar-refractivity contribution is 5.63. The largest absolute Gasteiger partial charge is 0.550 e. The smallest absolute Gasteiger partial charge is 0.203 e. The molecule has 0 spiro atoms. The summed E-state index contributed by atoms with van der Waals surface area (Å²) < 4.78 is 0. The Balaban J connectivity index is 3.03. The Bertz CT molecular complexity index is 130. The van der Waals surface area contributed by atoms with Gasteiger partial charge in [-0.1, -0.05) is 0 Å². The van der Waals surface area contributed by atoms with E-state index in [9.17, 15) is 20.0 Å². The molecular formula is C6H10NO4-. The molecule has 5 heteroatoms. The number of carbonyl (C=O) groups is 1. The highest BCUT2D eigenvalue weighted by Crippen LogP contribution is 1.98. The maximum absolute atomic E-state index is 9.85. The standard InChI is InChI=1S/C6H11NO4/c8-6(9)4-2-1-3-5-7(10)11/h1-5H2,(H,8,9)/p-1. The highest BCUT2D eigenvalue weighted by Gasteiger charge is 1.95. The molecule has 0 aliphatic heterocycles. The minimum Gasteiger partial charge on any atom is -0.550 e. The van der Waals surface area contributed by atoms with Gasteiger partial charge in [-0.25, -0.2) is 0 Å². The Morgan fingerprint density at radius 1 is 1.27 bits per heavy atom. The molecule has 5 nitrogen and oxygen atoms in total. The van der Waals surface area contributed by atoms with E-state index in [0.29, 0.717) is 19.3 Å². The average molecular weight is 160 g/mol. The predicted octanol–water partition coefficient (Wildman–Crippen LogP) is -0.427. The second kappa shape index (κ2) is 5.64. The van der Waals surface area contributed by atoms with Crippen LogP contribution in [0.25, 0.3) is 0 Å². The summed E-state index contributed by atoms with van der Waals surface area (Å²) in [6.45, 7) is -0.0763. The molecule has 0 radical (unpaired) electrons. The Labute approximate surface area is 64.2 Å². The van der Waals surface area contributed by atoms with Crippen molar-refractivity contribution in [3.63, 3.8) is 0 Å². The van der Waals surface area contributed by atoms with Crippen molar-refractivity contribution in [2.75, 3.05) is 6.54 Å². The number of aliphatic carboxylic acids is 1. The van der Waals surface area contributed by atoms with Crippen LogP contribution < -0.4 is 5.11 Å². The van der Waals surface area contributed by atoms with Crippen molar-refractivity contribution in [3.05, 3.63) is 10.1 Å². The van der Waals surface area contributed by atoms with E-state index in [4.69, 9.17) is 0 Å². The van der Waals surface area contributed by atoms with Crippen molar-refractivity contribution in [1.82, 2.24) is 0 Å². The number of nitro groups is 1. The molecule has 0 rings (SSSR count). The van der Waals surface area contributed by atoms with Gasteiger partial charge in [-0.3, -0.25) is 10.1 Å².